The lowest BCUT2D eigenvalue weighted by atomic mass is 10.1. The number of nitro groups is 1. The first kappa shape index (κ1) is 12.0. The van der Waals surface area contributed by atoms with Gasteiger partial charge >= 0.3 is 0 Å². The van der Waals surface area contributed by atoms with E-state index in [-0.39, 0.29) is 13.0 Å². The van der Waals surface area contributed by atoms with E-state index in [1.54, 1.807) is 12.1 Å². The molecule has 7 nitrogen and oxygen atoms in total. The largest absolute Gasteiger partial charge is 0.273 e. The molecule has 1 aliphatic heterocycles. The maximum absolute atomic E-state index is 10.8. The molecule has 0 saturated carbocycles. The van der Waals surface area contributed by atoms with Crippen molar-refractivity contribution in [3.05, 3.63) is 39.2 Å². The monoisotopic (exact) mass is 255 g/mol. The third-order valence-corrected chi connectivity index (χ3v) is 2.82. The highest BCUT2D eigenvalue weighted by Crippen LogP contribution is 2.19. The molecule has 0 amide bonds. The van der Waals surface area contributed by atoms with Crippen molar-refractivity contribution < 1.29 is 5.03 Å². The minimum Gasteiger partial charge on any atom is -0.273 e. The van der Waals surface area contributed by atoms with Crippen LogP contribution in [-0.2, 0) is 6.42 Å². The number of nitrogens with one attached hydrogen (secondary N) is 1. The van der Waals surface area contributed by atoms with E-state index in [2.05, 4.69) is 10.3 Å². The first-order valence-electron chi connectivity index (χ1n) is 5.01. The lowest BCUT2D eigenvalue weighted by Crippen LogP contribution is -2.56. The van der Waals surface area contributed by atoms with Gasteiger partial charge in [0.25, 0.3) is 0 Å². The molecule has 1 aromatic rings. The van der Waals surface area contributed by atoms with Gasteiger partial charge in [-0.05, 0) is 11.6 Å². The van der Waals surface area contributed by atoms with Crippen LogP contribution in [0.2, 0.25) is 5.15 Å². The van der Waals surface area contributed by atoms with Crippen molar-refractivity contribution in [1.82, 2.24) is 21.0 Å². The van der Waals surface area contributed by atoms with Crippen molar-refractivity contribution >= 4 is 11.6 Å². The Kier molecular flexibility index (Phi) is 3.14. The Hall–Kier alpha value is -1.44. The zero-order chi connectivity index (χ0) is 12.5. The summed E-state index contributed by atoms with van der Waals surface area (Å²) in [5, 5.41) is 14.0. The molecule has 0 aliphatic carbocycles. The van der Waals surface area contributed by atoms with E-state index in [0.717, 1.165) is 5.01 Å². The summed E-state index contributed by atoms with van der Waals surface area (Å²) in [6, 6.07) is 3.25. The molecule has 8 heteroatoms. The number of hydrogen-bond donors (Lipinski definition) is 1. The molecule has 1 atom stereocenters. The second-order valence-corrected chi connectivity index (χ2v) is 4.16. The van der Waals surface area contributed by atoms with Gasteiger partial charge in [0.2, 0.25) is 5.79 Å². The van der Waals surface area contributed by atoms with Crippen LogP contribution in [0, 0.1) is 10.1 Å². The molecule has 1 N–H and O–H groups in total. The van der Waals surface area contributed by atoms with Gasteiger partial charge in [-0.25, -0.2) is 15.1 Å². The third kappa shape index (κ3) is 2.46. The van der Waals surface area contributed by atoms with Crippen molar-refractivity contribution in [3.63, 3.8) is 0 Å². The van der Waals surface area contributed by atoms with Gasteiger partial charge in [-0.2, -0.15) is 0 Å². The number of halogens is 1. The van der Waals surface area contributed by atoms with Crippen molar-refractivity contribution in [1.29, 1.82) is 0 Å². The minimum absolute atomic E-state index is 0.0676. The van der Waals surface area contributed by atoms with Gasteiger partial charge in [0.1, 0.15) is 5.15 Å². The number of hydrogen-bond acceptors (Lipinski definition) is 4. The van der Waals surface area contributed by atoms with Crippen LogP contribution in [-0.4, -0.2) is 33.9 Å². The average Bonchev–Trinajstić information content (AvgIpc) is 2.64. The average molecular weight is 256 g/mol. The molecule has 1 unspecified atom stereocenters. The highest BCUT2D eigenvalue weighted by molar-refractivity contribution is 6.29. The molecule has 1 aromatic heterocycles. The first-order valence-corrected chi connectivity index (χ1v) is 5.39. The molecule has 2 rings (SSSR count). The molecular formula is C9H10ClN5O2. The summed E-state index contributed by atoms with van der Waals surface area (Å²) in [4.78, 5) is 14.6. The normalized spacial score (nSPS) is 24.0. The Morgan fingerprint density at radius 1 is 1.71 bits per heavy atom. The summed E-state index contributed by atoms with van der Waals surface area (Å²) in [5.74, 6) is -1.67. The molecule has 17 heavy (non-hydrogen) atoms. The van der Waals surface area contributed by atoms with Gasteiger partial charge in [0, 0.05) is 19.2 Å². The number of hydrazine groups is 1. The fourth-order valence-corrected chi connectivity index (χ4v) is 1.92. The fourth-order valence-electron chi connectivity index (χ4n) is 1.80. The van der Waals surface area contributed by atoms with Crippen molar-refractivity contribution in [2.75, 3.05) is 13.1 Å². The molecule has 0 bridgehead atoms. The minimum atomic E-state index is -1.67. The number of pyridine rings is 1. The topological polar surface area (TPSA) is 93.6 Å². The predicted molar refractivity (Wildman–Crippen MR) is 59.5 cm³/mol. The third-order valence-electron chi connectivity index (χ3n) is 2.60. The van der Waals surface area contributed by atoms with Crippen LogP contribution in [0.5, 0.6) is 0 Å². The second-order valence-electron chi connectivity index (χ2n) is 3.77. The van der Waals surface area contributed by atoms with Gasteiger partial charge in [-0.15, -0.1) is 0 Å². The molecule has 0 aromatic carbocycles. The van der Waals surface area contributed by atoms with Crippen molar-refractivity contribution in [2.45, 2.75) is 12.2 Å². The molecular weight excluding hydrogens is 246 g/mol. The summed E-state index contributed by atoms with van der Waals surface area (Å²) in [7, 11) is 0. The maximum Gasteiger partial charge on any atom is 0.239 e. The van der Waals surface area contributed by atoms with E-state index in [0.29, 0.717) is 17.3 Å². The highest BCUT2D eigenvalue weighted by atomic mass is 35.5. The van der Waals surface area contributed by atoms with E-state index < -0.39 is 10.8 Å². The van der Waals surface area contributed by atoms with Gasteiger partial charge in [0.15, 0.2) is 5.03 Å². The number of rotatable bonds is 3. The van der Waals surface area contributed by atoms with Crippen LogP contribution in [0.25, 0.3) is 0 Å². The van der Waals surface area contributed by atoms with Crippen LogP contribution in [0.15, 0.2) is 18.3 Å². The second kappa shape index (κ2) is 4.44. The Morgan fingerprint density at radius 3 is 3.06 bits per heavy atom. The van der Waals surface area contributed by atoms with Gasteiger partial charge < -0.3 is 0 Å². The van der Waals surface area contributed by atoms with Crippen molar-refractivity contribution in [3.8, 4) is 0 Å². The van der Waals surface area contributed by atoms with E-state index in [9.17, 15) is 15.8 Å². The van der Waals surface area contributed by atoms with Crippen LogP contribution in [0.1, 0.15) is 5.56 Å². The Morgan fingerprint density at radius 2 is 2.47 bits per heavy atom. The SMILES string of the molecule is [N]C1(Cc2ccc(Cl)nc2)NCCN1[N+](=O)[O-]. The van der Waals surface area contributed by atoms with Crippen LogP contribution < -0.4 is 11.1 Å². The summed E-state index contributed by atoms with van der Waals surface area (Å²) in [5.41, 5.74) is 10.8. The quantitative estimate of drug-likeness (QED) is 0.470. The molecule has 2 radical (unpaired) electrons. The molecule has 1 saturated heterocycles. The molecule has 90 valence electrons. The van der Waals surface area contributed by atoms with Crippen molar-refractivity contribution in [2.24, 2.45) is 0 Å². The molecule has 1 fully saturated rings. The van der Waals surface area contributed by atoms with Crippen LogP contribution >= 0.6 is 11.6 Å². The molecule has 1 aliphatic rings. The lowest BCUT2D eigenvalue weighted by molar-refractivity contribution is -0.671. The fraction of sp³-hybridized carbons (Fsp3) is 0.444. The van der Waals surface area contributed by atoms with E-state index >= 15 is 0 Å². The number of nitrogens with zero attached hydrogens (tertiary/aromatic N) is 4. The lowest BCUT2D eigenvalue weighted by Gasteiger charge is -2.25. The Labute approximate surface area is 103 Å². The Bertz CT molecular complexity index is 426. The van der Waals surface area contributed by atoms with Gasteiger partial charge in [0.05, 0.1) is 6.54 Å². The number of aromatic nitrogens is 1. The molecule has 0 spiro atoms. The Balaban J connectivity index is 2.16. The summed E-state index contributed by atoms with van der Waals surface area (Å²) in [6.45, 7) is 0.517. The first-order chi connectivity index (χ1) is 8.01. The summed E-state index contributed by atoms with van der Waals surface area (Å²) in [6.07, 6.45) is 1.55. The predicted octanol–water partition coefficient (Wildman–Crippen LogP) is 0.0969. The van der Waals surface area contributed by atoms with Crippen LogP contribution in [0.4, 0.5) is 0 Å². The van der Waals surface area contributed by atoms with E-state index in [4.69, 9.17) is 11.6 Å². The summed E-state index contributed by atoms with van der Waals surface area (Å²) < 4.78 is 0. The summed E-state index contributed by atoms with van der Waals surface area (Å²) >= 11 is 5.63. The highest BCUT2D eigenvalue weighted by Gasteiger charge is 2.46. The standard InChI is InChI=1S/C9H10ClN5O2/c10-8-2-1-7(6-12-8)5-9(11)13-3-4-14(9)15(16)17/h1-2,6,13H,3-5H2. The zero-order valence-electron chi connectivity index (χ0n) is 8.84. The van der Waals surface area contributed by atoms with Crippen LogP contribution in [0.3, 0.4) is 0 Å². The zero-order valence-corrected chi connectivity index (χ0v) is 9.59. The molecule has 2 heterocycles. The van der Waals surface area contributed by atoms with Gasteiger partial charge in [-0.1, -0.05) is 28.4 Å². The smallest absolute Gasteiger partial charge is 0.239 e. The van der Waals surface area contributed by atoms with E-state index in [1.165, 1.54) is 6.20 Å². The van der Waals surface area contributed by atoms with Gasteiger partial charge in [-0.3, -0.25) is 5.32 Å². The maximum atomic E-state index is 10.8. The van der Waals surface area contributed by atoms with E-state index in [1.807, 2.05) is 0 Å².